The molecule has 0 atom stereocenters. The van der Waals surface area contributed by atoms with Gasteiger partial charge in [0.1, 0.15) is 18.4 Å². The Morgan fingerprint density at radius 3 is 2.48 bits per heavy atom. The maximum atomic E-state index is 12.0. The number of nitrogens with zero attached hydrogens (tertiary/aromatic N) is 4. The third-order valence-corrected chi connectivity index (χ3v) is 3.26. The number of benzene rings is 1. The van der Waals surface area contributed by atoms with E-state index in [0.717, 1.165) is 6.20 Å². The second kappa shape index (κ2) is 6.22. The summed E-state index contributed by atoms with van der Waals surface area (Å²) in [4.78, 5) is 32.3. The molecular formula is C13H13N5O5. The van der Waals surface area contributed by atoms with Crippen LogP contribution in [-0.2, 0) is 11.3 Å². The van der Waals surface area contributed by atoms with Crippen LogP contribution >= 0.6 is 0 Å². The summed E-state index contributed by atoms with van der Waals surface area (Å²) in [5.74, 6) is -0.442. The molecular weight excluding hydrogens is 306 g/mol. The summed E-state index contributed by atoms with van der Waals surface area (Å²) in [6.45, 7) is 2.93. The smallest absolute Gasteiger partial charge is 0.309 e. The number of aromatic nitrogens is 2. The lowest BCUT2D eigenvalue weighted by molar-refractivity contribution is -0.385. The number of hydrogen-bond donors (Lipinski definition) is 1. The predicted molar refractivity (Wildman–Crippen MR) is 80.1 cm³/mol. The van der Waals surface area contributed by atoms with Crippen molar-refractivity contribution in [1.29, 1.82) is 0 Å². The number of anilines is 1. The fraction of sp³-hybridized carbons (Fsp3) is 0.231. The number of rotatable bonds is 5. The van der Waals surface area contributed by atoms with Gasteiger partial charge in [-0.15, -0.1) is 0 Å². The normalized spacial score (nSPS) is 10.3. The molecule has 10 heteroatoms. The molecule has 0 bridgehead atoms. The van der Waals surface area contributed by atoms with Gasteiger partial charge in [-0.2, -0.15) is 5.10 Å². The van der Waals surface area contributed by atoms with Crippen molar-refractivity contribution in [3.63, 3.8) is 0 Å². The van der Waals surface area contributed by atoms with Gasteiger partial charge in [-0.05, 0) is 25.5 Å². The second-order valence-corrected chi connectivity index (χ2v) is 4.83. The minimum absolute atomic E-state index is 0.0703. The molecule has 120 valence electrons. The highest BCUT2D eigenvalue weighted by Crippen LogP contribution is 2.21. The molecule has 2 rings (SSSR count). The highest BCUT2D eigenvalue weighted by atomic mass is 16.6. The molecule has 0 radical (unpaired) electrons. The third-order valence-electron chi connectivity index (χ3n) is 3.26. The average Bonchev–Trinajstić information content (AvgIpc) is 2.82. The SMILES string of the molecule is Cc1cc([N+](=O)[O-])ccc1NC(=O)Cn1ncc([N+](=O)[O-])c1C. The van der Waals surface area contributed by atoms with Crippen LogP contribution in [0.5, 0.6) is 0 Å². The number of non-ortho nitro benzene ring substituents is 1. The number of carbonyl (C=O) groups is 1. The van der Waals surface area contributed by atoms with Gasteiger partial charge in [0.25, 0.3) is 5.69 Å². The quantitative estimate of drug-likeness (QED) is 0.661. The Morgan fingerprint density at radius 1 is 1.26 bits per heavy atom. The molecule has 0 aliphatic carbocycles. The van der Waals surface area contributed by atoms with Crippen molar-refractivity contribution >= 4 is 23.0 Å². The van der Waals surface area contributed by atoms with Crippen LogP contribution in [0.3, 0.4) is 0 Å². The summed E-state index contributed by atoms with van der Waals surface area (Å²) in [5.41, 5.74) is 1.00. The van der Waals surface area contributed by atoms with E-state index in [9.17, 15) is 25.0 Å². The van der Waals surface area contributed by atoms with Crippen LogP contribution in [0.1, 0.15) is 11.3 Å². The molecule has 2 aromatic rings. The number of aryl methyl sites for hydroxylation is 1. The number of nitrogens with one attached hydrogen (secondary N) is 1. The van der Waals surface area contributed by atoms with Gasteiger partial charge in [0.05, 0.1) is 9.85 Å². The first-order chi connectivity index (χ1) is 10.8. The third kappa shape index (κ3) is 3.48. The zero-order chi connectivity index (χ0) is 17.1. The van der Waals surface area contributed by atoms with E-state index in [1.807, 2.05) is 0 Å². The molecule has 0 spiro atoms. The molecule has 1 aromatic heterocycles. The highest BCUT2D eigenvalue weighted by Gasteiger charge is 2.18. The zero-order valence-electron chi connectivity index (χ0n) is 12.3. The van der Waals surface area contributed by atoms with Crippen molar-refractivity contribution in [1.82, 2.24) is 9.78 Å². The molecule has 0 saturated carbocycles. The molecule has 23 heavy (non-hydrogen) atoms. The lowest BCUT2D eigenvalue weighted by Gasteiger charge is -2.09. The van der Waals surface area contributed by atoms with Gasteiger partial charge < -0.3 is 5.32 Å². The Hall–Kier alpha value is -3.30. The lowest BCUT2D eigenvalue weighted by Crippen LogP contribution is -2.20. The van der Waals surface area contributed by atoms with Gasteiger partial charge in [-0.25, -0.2) is 0 Å². The largest absolute Gasteiger partial charge is 0.324 e. The van der Waals surface area contributed by atoms with Crippen molar-refractivity contribution in [3.8, 4) is 0 Å². The zero-order valence-corrected chi connectivity index (χ0v) is 12.3. The van der Waals surface area contributed by atoms with Gasteiger partial charge in [-0.1, -0.05) is 0 Å². The van der Waals surface area contributed by atoms with Crippen molar-refractivity contribution in [2.24, 2.45) is 0 Å². The maximum Gasteiger partial charge on any atom is 0.309 e. The van der Waals surface area contributed by atoms with Crippen LogP contribution in [0.15, 0.2) is 24.4 Å². The van der Waals surface area contributed by atoms with Crippen LogP contribution in [0.25, 0.3) is 0 Å². The summed E-state index contributed by atoms with van der Waals surface area (Å²) < 4.78 is 1.22. The van der Waals surface area contributed by atoms with Crippen LogP contribution in [-0.4, -0.2) is 25.5 Å². The Bertz CT molecular complexity index is 798. The molecule has 0 aliphatic heterocycles. The molecule has 0 saturated heterocycles. The number of amides is 1. The molecule has 0 aliphatic rings. The van der Waals surface area contributed by atoms with Gasteiger partial charge in [0, 0.05) is 17.8 Å². The molecule has 0 unspecified atom stereocenters. The Kier molecular flexibility index (Phi) is 4.35. The van der Waals surface area contributed by atoms with Crippen molar-refractivity contribution < 1.29 is 14.6 Å². The number of nitro benzene ring substituents is 1. The van der Waals surface area contributed by atoms with E-state index in [0.29, 0.717) is 11.3 Å². The van der Waals surface area contributed by atoms with Crippen molar-refractivity contribution in [3.05, 3.63) is 55.9 Å². The summed E-state index contributed by atoms with van der Waals surface area (Å²) in [6.07, 6.45) is 1.08. The van der Waals surface area contributed by atoms with Crippen LogP contribution in [0.2, 0.25) is 0 Å². The fourth-order valence-corrected chi connectivity index (χ4v) is 2.00. The average molecular weight is 319 g/mol. The monoisotopic (exact) mass is 319 g/mol. The van der Waals surface area contributed by atoms with E-state index in [1.165, 1.54) is 29.8 Å². The molecule has 0 fully saturated rings. The molecule has 10 nitrogen and oxygen atoms in total. The first kappa shape index (κ1) is 16.1. The van der Waals surface area contributed by atoms with Crippen LogP contribution in [0.4, 0.5) is 17.1 Å². The van der Waals surface area contributed by atoms with Crippen LogP contribution < -0.4 is 5.32 Å². The summed E-state index contributed by atoms with van der Waals surface area (Å²) in [6, 6.07) is 4.07. The first-order valence-corrected chi connectivity index (χ1v) is 6.51. The Balaban J connectivity index is 2.11. The minimum atomic E-state index is -0.572. The number of nitro groups is 2. The van der Waals surface area contributed by atoms with Gasteiger partial charge >= 0.3 is 5.69 Å². The van der Waals surface area contributed by atoms with Gasteiger partial charge in [-0.3, -0.25) is 29.7 Å². The topological polar surface area (TPSA) is 133 Å². The van der Waals surface area contributed by atoms with E-state index >= 15 is 0 Å². The molecule has 1 N–H and O–H groups in total. The molecule has 1 amide bonds. The highest BCUT2D eigenvalue weighted by molar-refractivity contribution is 5.91. The van der Waals surface area contributed by atoms with E-state index in [4.69, 9.17) is 0 Å². The van der Waals surface area contributed by atoms with Crippen molar-refractivity contribution in [2.75, 3.05) is 5.32 Å². The van der Waals surface area contributed by atoms with Crippen molar-refractivity contribution in [2.45, 2.75) is 20.4 Å². The second-order valence-electron chi connectivity index (χ2n) is 4.83. The fourth-order valence-electron chi connectivity index (χ4n) is 2.00. The summed E-state index contributed by atoms with van der Waals surface area (Å²) in [5, 5.41) is 27.8. The molecule has 1 heterocycles. The molecule has 1 aromatic carbocycles. The van der Waals surface area contributed by atoms with Gasteiger partial charge in [0.2, 0.25) is 5.91 Å². The summed E-state index contributed by atoms with van der Waals surface area (Å²) >= 11 is 0. The summed E-state index contributed by atoms with van der Waals surface area (Å²) in [7, 11) is 0. The number of hydrogen-bond acceptors (Lipinski definition) is 6. The minimum Gasteiger partial charge on any atom is -0.324 e. The Morgan fingerprint density at radius 2 is 1.96 bits per heavy atom. The van der Waals surface area contributed by atoms with Gasteiger partial charge in [0.15, 0.2) is 0 Å². The van der Waals surface area contributed by atoms with E-state index in [1.54, 1.807) is 6.92 Å². The van der Waals surface area contributed by atoms with E-state index in [2.05, 4.69) is 10.4 Å². The maximum absolute atomic E-state index is 12.0. The lowest BCUT2D eigenvalue weighted by atomic mass is 10.2. The standard InChI is InChI=1S/C13H13N5O5/c1-8-5-10(17(20)21)3-4-11(8)15-13(19)7-16-9(2)12(6-14-16)18(22)23/h3-6H,7H2,1-2H3,(H,15,19). The van der Waals surface area contributed by atoms with Crippen LogP contribution in [0, 0.1) is 34.1 Å². The first-order valence-electron chi connectivity index (χ1n) is 6.51. The van der Waals surface area contributed by atoms with E-state index in [-0.39, 0.29) is 23.6 Å². The van der Waals surface area contributed by atoms with E-state index < -0.39 is 15.8 Å². The Labute approximate surface area is 130 Å². The predicted octanol–water partition coefficient (Wildman–Crippen LogP) is 1.96. The number of carbonyl (C=O) groups excluding carboxylic acids is 1.